The predicted octanol–water partition coefficient (Wildman–Crippen LogP) is 0.784. The molecular formula is C11H17N3O2S. The van der Waals surface area contributed by atoms with Crippen molar-refractivity contribution in [2.75, 3.05) is 25.0 Å². The van der Waals surface area contributed by atoms with Gasteiger partial charge in [0.05, 0.1) is 12.1 Å². The van der Waals surface area contributed by atoms with Crippen LogP contribution in [0.1, 0.15) is 13.8 Å². The molecular weight excluding hydrogens is 238 g/mol. The van der Waals surface area contributed by atoms with E-state index in [1.807, 2.05) is 24.1 Å². The van der Waals surface area contributed by atoms with Crippen LogP contribution in [0.2, 0.25) is 0 Å². The van der Waals surface area contributed by atoms with Gasteiger partial charge in [-0.1, -0.05) is 13.8 Å². The van der Waals surface area contributed by atoms with E-state index in [-0.39, 0.29) is 11.8 Å². The summed E-state index contributed by atoms with van der Waals surface area (Å²) in [5.41, 5.74) is -0.624. The molecule has 1 aliphatic rings. The highest BCUT2D eigenvalue weighted by Crippen LogP contribution is 2.28. The number of β-amino-alcohol motifs (C(OH)–C–C–N with tert-alkyl or cyclic N) is 1. The number of rotatable bonds is 4. The van der Waals surface area contributed by atoms with Crippen LogP contribution in [0.4, 0.5) is 5.13 Å². The number of thiazole rings is 1. The smallest absolute Gasteiger partial charge is 0.240 e. The molecule has 2 N–H and O–H groups in total. The third kappa shape index (κ3) is 2.83. The molecule has 1 aliphatic heterocycles. The zero-order chi connectivity index (χ0) is 12.5. The Kier molecular flexibility index (Phi) is 3.46. The number of amides is 1. The van der Waals surface area contributed by atoms with Crippen molar-refractivity contribution in [3.8, 4) is 0 Å². The van der Waals surface area contributed by atoms with Crippen LogP contribution in [0.3, 0.4) is 0 Å². The van der Waals surface area contributed by atoms with Gasteiger partial charge >= 0.3 is 0 Å². The van der Waals surface area contributed by atoms with Gasteiger partial charge in [-0.2, -0.15) is 0 Å². The van der Waals surface area contributed by atoms with Gasteiger partial charge in [0.25, 0.3) is 0 Å². The largest absolute Gasteiger partial charge is 0.387 e. The van der Waals surface area contributed by atoms with Crippen molar-refractivity contribution in [3.63, 3.8) is 0 Å². The zero-order valence-corrected chi connectivity index (χ0v) is 10.8. The number of anilines is 1. The van der Waals surface area contributed by atoms with Gasteiger partial charge in [0.2, 0.25) is 5.91 Å². The van der Waals surface area contributed by atoms with Crippen LogP contribution < -0.4 is 5.32 Å². The van der Waals surface area contributed by atoms with E-state index in [0.717, 1.165) is 0 Å². The Bertz CT molecular complexity index is 385. The lowest BCUT2D eigenvalue weighted by Crippen LogP contribution is -2.65. The van der Waals surface area contributed by atoms with Crippen molar-refractivity contribution in [1.29, 1.82) is 0 Å². The van der Waals surface area contributed by atoms with Gasteiger partial charge in [-0.25, -0.2) is 4.98 Å². The van der Waals surface area contributed by atoms with Crippen LogP contribution in [0, 0.1) is 5.92 Å². The Morgan fingerprint density at radius 3 is 2.94 bits per heavy atom. The van der Waals surface area contributed by atoms with E-state index in [4.69, 9.17) is 0 Å². The van der Waals surface area contributed by atoms with Crippen molar-refractivity contribution in [1.82, 2.24) is 9.88 Å². The van der Waals surface area contributed by atoms with E-state index in [2.05, 4.69) is 10.3 Å². The number of hydrogen-bond acceptors (Lipinski definition) is 5. The normalized spacial score (nSPS) is 19.1. The molecule has 2 rings (SSSR count). The maximum Gasteiger partial charge on any atom is 0.240 e. The topological polar surface area (TPSA) is 65.5 Å². The summed E-state index contributed by atoms with van der Waals surface area (Å²) in [5.74, 6) is 0.145. The zero-order valence-electron chi connectivity index (χ0n) is 10.0. The van der Waals surface area contributed by atoms with Gasteiger partial charge in [-0.3, -0.25) is 9.69 Å². The lowest BCUT2D eigenvalue weighted by molar-refractivity contribution is -0.139. The molecule has 0 aliphatic carbocycles. The number of aromatic nitrogens is 1. The van der Waals surface area contributed by atoms with E-state index in [1.54, 1.807) is 6.20 Å². The first-order chi connectivity index (χ1) is 7.99. The summed E-state index contributed by atoms with van der Waals surface area (Å²) in [6.45, 7) is 5.43. The number of nitrogens with one attached hydrogen (secondary N) is 1. The Morgan fingerprint density at radius 1 is 1.71 bits per heavy atom. The Hall–Kier alpha value is -0.980. The Morgan fingerprint density at radius 2 is 2.41 bits per heavy atom. The third-order valence-corrected chi connectivity index (χ3v) is 3.80. The number of likely N-dealkylation sites (tertiary alicyclic amines) is 1. The first-order valence-electron chi connectivity index (χ1n) is 5.64. The molecule has 0 unspecified atom stereocenters. The molecule has 6 heteroatoms. The number of carbonyl (C=O) groups excluding carboxylic acids is 1. The second-order valence-electron chi connectivity index (χ2n) is 4.79. The third-order valence-electron chi connectivity index (χ3n) is 3.12. The molecule has 2 heterocycles. The van der Waals surface area contributed by atoms with E-state index >= 15 is 0 Å². The monoisotopic (exact) mass is 255 g/mol. The minimum atomic E-state index is -0.624. The van der Waals surface area contributed by atoms with Gasteiger partial charge in [-0.15, -0.1) is 11.3 Å². The van der Waals surface area contributed by atoms with Crippen molar-refractivity contribution < 1.29 is 9.90 Å². The maximum atomic E-state index is 11.6. The molecule has 0 aromatic carbocycles. The highest BCUT2D eigenvalue weighted by atomic mass is 32.1. The van der Waals surface area contributed by atoms with Gasteiger partial charge in [-0.05, 0) is 5.92 Å². The van der Waals surface area contributed by atoms with Crippen LogP contribution in [-0.2, 0) is 4.79 Å². The molecule has 0 radical (unpaired) electrons. The Labute approximate surface area is 104 Å². The molecule has 1 amide bonds. The fraction of sp³-hybridized carbons (Fsp3) is 0.636. The summed E-state index contributed by atoms with van der Waals surface area (Å²) >= 11 is 1.40. The highest BCUT2D eigenvalue weighted by molar-refractivity contribution is 7.13. The molecule has 0 saturated carbocycles. The average molecular weight is 255 g/mol. The van der Waals surface area contributed by atoms with Crippen LogP contribution >= 0.6 is 11.3 Å². The minimum absolute atomic E-state index is 0.0780. The van der Waals surface area contributed by atoms with Crippen LogP contribution in [-0.4, -0.2) is 46.1 Å². The van der Waals surface area contributed by atoms with Crippen molar-refractivity contribution in [2.24, 2.45) is 5.92 Å². The van der Waals surface area contributed by atoms with Crippen molar-refractivity contribution in [3.05, 3.63) is 11.6 Å². The van der Waals surface area contributed by atoms with Crippen LogP contribution in [0.25, 0.3) is 0 Å². The van der Waals surface area contributed by atoms with Gasteiger partial charge < -0.3 is 10.4 Å². The summed E-state index contributed by atoms with van der Waals surface area (Å²) in [6.07, 6.45) is 1.65. The lowest BCUT2D eigenvalue weighted by Gasteiger charge is -2.48. The summed E-state index contributed by atoms with van der Waals surface area (Å²) in [5, 5.41) is 15.2. The summed E-state index contributed by atoms with van der Waals surface area (Å²) in [6, 6.07) is 0. The van der Waals surface area contributed by atoms with Gasteiger partial charge in [0.1, 0.15) is 0 Å². The maximum absolute atomic E-state index is 11.6. The molecule has 94 valence electrons. The lowest BCUT2D eigenvalue weighted by atomic mass is 9.83. The predicted molar refractivity (Wildman–Crippen MR) is 67.0 cm³/mol. The van der Waals surface area contributed by atoms with Crippen LogP contribution in [0.15, 0.2) is 11.6 Å². The quantitative estimate of drug-likeness (QED) is 0.834. The summed E-state index contributed by atoms with van der Waals surface area (Å²) in [4.78, 5) is 17.5. The Balaban J connectivity index is 1.75. The SMILES string of the molecule is CC(C)C1(O)CN(CC(=O)Nc2nccs2)C1. The average Bonchev–Trinajstić information content (AvgIpc) is 2.67. The fourth-order valence-electron chi connectivity index (χ4n) is 1.85. The number of hydrogen-bond donors (Lipinski definition) is 2. The van der Waals surface area contributed by atoms with Crippen molar-refractivity contribution >= 4 is 22.4 Å². The summed E-state index contributed by atoms with van der Waals surface area (Å²) < 4.78 is 0. The number of carbonyl (C=O) groups is 1. The molecule has 1 saturated heterocycles. The summed E-state index contributed by atoms with van der Waals surface area (Å²) in [7, 11) is 0. The van der Waals surface area contributed by atoms with Gasteiger partial charge in [0.15, 0.2) is 5.13 Å². The van der Waals surface area contributed by atoms with Gasteiger partial charge in [0, 0.05) is 24.7 Å². The molecule has 1 aromatic rings. The first-order valence-corrected chi connectivity index (χ1v) is 6.52. The van der Waals surface area contributed by atoms with Crippen LogP contribution in [0.5, 0.6) is 0 Å². The fourth-order valence-corrected chi connectivity index (χ4v) is 2.40. The molecule has 0 spiro atoms. The number of aliphatic hydroxyl groups is 1. The molecule has 0 atom stereocenters. The molecule has 17 heavy (non-hydrogen) atoms. The standard InChI is InChI=1S/C11H17N3O2S/c1-8(2)11(16)6-14(7-11)5-9(15)13-10-12-3-4-17-10/h3-4,8,16H,5-7H2,1-2H3,(H,12,13,15). The highest BCUT2D eigenvalue weighted by Gasteiger charge is 2.43. The second kappa shape index (κ2) is 4.72. The second-order valence-corrected chi connectivity index (χ2v) is 5.68. The van der Waals surface area contributed by atoms with E-state index < -0.39 is 5.60 Å². The number of nitrogens with zero attached hydrogens (tertiary/aromatic N) is 2. The molecule has 1 aromatic heterocycles. The van der Waals surface area contributed by atoms with E-state index in [1.165, 1.54) is 11.3 Å². The first kappa shape index (κ1) is 12.5. The van der Waals surface area contributed by atoms with Crippen molar-refractivity contribution in [2.45, 2.75) is 19.4 Å². The molecule has 5 nitrogen and oxygen atoms in total. The molecule has 0 bridgehead atoms. The minimum Gasteiger partial charge on any atom is -0.387 e. The molecule has 1 fully saturated rings. The van der Waals surface area contributed by atoms with E-state index in [0.29, 0.717) is 24.8 Å². The van der Waals surface area contributed by atoms with E-state index in [9.17, 15) is 9.90 Å².